The first-order chi connectivity index (χ1) is 8.77. The zero-order valence-electron chi connectivity index (χ0n) is 11.7. The Hall–Kier alpha value is -0.220. The minimum atomic E-state index is 0.384. The summed E-state index contributed by atoms with van der Waals surface area (Å²) in [4.78, 5) is 17.0. The van der Waals surface area contributed by atoms with Gasteiger partial charge in [-0.15, -0.1) is 0 Å². The summed E-state index contributed by atoms with van der Waals surface area (Å²) in [6.07, 6.45) is 7.80. The number of likely N-dealkylation sites (N-methyl/N-ethyl adjacent to an activating group) is 1. The number of carbonyl (C=O) groups excluding carboxylic acids is 1. The summed E-state index contributed by atoms with van der Waals surface area (Å²) in [5.41, 5.74) is 0. The van der Waals surface area contributed by atoms with E-state index in [0.29, 0.717) is 18.0 Å². The lowest BCUT2D eigenvalue weighted by molar-refractivity contribution is -0.132. The lowest BCUT2D eigenvalue weighted by Gasteiger charge is -2.34. The molecule has 1 amide bonds. The molecule has 104 valence electrons. The number of carbonyl (C=O) groups is 1. The average molecular weight is 270 g/mol. The van der Waals surface area contributed by atoms with Crippen LogP contribution in [-0.4, -0.2) is 59.4 Å². The van der Waals surface area contributed by atoms with E-state index in [1.54, 1.807) is 11.8 Å². The summed E-state index contributed by atoms with van der Waals surface area (Å²) in [7, 11) is 0. The summed E-state index contributed by atoms with van der Waals surface area (Å²) < 4.78 is 0. The molecule has 0 aromatic rings. The van der Waals surface area contributed by atoms with Crippen molar-refractivity contribution >= 4 is 17.7 Å². The molecule has 0 spiro atoms. The molecule has 0 radical (unpaired) electrons. The molecule has 3 nitrogen and oxygen atoms in total. The van der Waals surface area contributed by atoms with Crippen LogP contribution in [0.1, 0.15) is 39.0 Å². The molecule has 2 aliphatic rings. The van der Waals surface area contributed by atoms with E-state index in [1.165, 1.54) is 32.2 Å². The van der Waals surface area contributed by atoms with Crippen LogP contribution < -0.4 is 0 Å². The summed E-state index contributed by atoms with van der Waals surface area (Å²) in [5, 5.41) is 0. The second kappa shape index (κ2) is 6.80. The van der Waals surface area contributed by atoms with E-state index in [-0.39, 0.29) is 0 Å². The summed E-state index contributed by atoms with van der Waals surface area (Å²) >= 11 is 1.77. The van der Waals surface area contributed by atoms with Gasteiger partial charge in [0.2, 0.25) is 5.91 Å². The molecule has 2 rings (SSSR count). The molecule has 18 heavy (non-hydrogen) atoms. The molecule has 0 aromatic carbocycles. The van der Waals surface area contributed by atoms with E-state index in [9.17, 15) is 4.79 Å². The highest BCUT2D eigenvalue weighted by Gasteiger charge is 2.38. The summed E-state index contributed by atoms with van der Waals surface area (Å²) in [6, 6.07) is 1.14. The molecule has 4 heteroatoms. The van der Waals surface area contributed by atoms with Crippen LogP contribution in [0.25, 0.3) is 0 Å². The average Bonchev–Trinajstić information content (AvgIpc) is 3.02. The van der Waals surface area contributed by atoms with Crippen molar-refractivity contribution in [2.24, 2.45) is 0 Å². The van der Waals surface area contributed by atoms with Crippen LogP contribution in [0, 0.1) is 0 Å². The van der Waals surface area contributed by atoms with Crippen molar-refractivity contribution < 1.29 is 4.79 Å². The Labute approximate surface area is 115 Å². The molecular formula is C14H26N2OS. The van der Waals surface area contributed by atoms with Crippen LogP contribution in [-0.2, 0) is 4.79 Å². The van der Waals surface area contributed by atoms with Gasteiger partial charge in [0, 0.05) is 30.8 Å². The van der Waals surface area contributed by atoms with Crippen molar-refractivity contribution in [1.82, 2.24) is 9.80 Å². The van der Waals surface area contributed by atoms with Crippen LogP contribution in [0.2, 0.25) is 0 Å². The maximum Gasteiger partial charge on any atom is 0.223 e. The van der Waals surface area contributed by atoms with Gasteiger partial charge in [0.25, 0.3) is 0 Å². The smallest absolute Gasteiger partial charge is 0.223 e. The highest BCUT2D eigenvalue weighted by molar-refractivity contribution is 7.98. The Kier molecular flexibility index (Phi) is 5.37. The van der Waals surface area contributed by atoms with Crippen molar-refractivity contribution in [2.45, 2.75) is 51.1 Å². The van der Waals surface area contributed by atoms with E-state index < -0.39 is 0 Å². The molecule has 2 saturated heterocycles. The summed E-state index contributed by atoms with van der Waals surface area (Å²) in [5.74, 6) is 1.35. The molecule has 0 aliphatic carbocycles. The first-order valence-electron chi connectivity index (χ1n) is 7.30. The molecule has 2 heterocycles. The van der Waals surface area contributed by atoms with Gasteiger partial charge in [-0.1, -0.05) is 6.92 Å². The molecule has 2 unspecified atom stereocenters. The fourth-order valence-electron chi connectivity index (χ4n) is 3.52. The zero-order valence-corrected chi connectivity index (χ0v) is 12.5. The van der Waals surface area contributed by atoms with Crippen LogP contribution in [0.15, 0.2) is 0 Å². The Balaban J connectivity index is 1.96. The van der Waals surface area contributed by atoms with E-state index in [0.717, 1.165) is 25.3 Å². The predicted molar refractivity (Wildman–Crippen MR) is 78.0 cm³/mol. The third-order valence-electron chi connectivity index (χ3n) is 4.40. The Bertz CT molecular complexity index is 285. The Morgan fingerprint density at radius 3 is 2.67 bits per heavy atom. The summed E-state index contributed by atoms with van der Waals surface area (Å²) in [6.45, 7) is 5.59. The maximum atomic E-state index is 12.3. The zero-order chi connectivity index (χ0) is 13.0. The van der Waals surface area contributed by atoms with Crippen LogP contribution in [0.5, 0.6) is 0 Å². The van der Waals surface area contributed by atoms with Gasteiger partial charge in [-0.3, -0.25) is 9.69 Å². The first-order valence-corrected chi connectivity index (χ1v) is 8.69. The molecular weight excluding hydrogens is 244 g/mol. The Morgan fingerprint density at radius 2 is 1.94 bits per heavy atom. The topological polar surface area (TPSA) is 23.6 Å². The number of rotatable bonds is 5. The lowest BCUT2D eigenvalue weighted by atomic mass is 10.0. The van der Waals surface area contributed by atoms with Crippen molar-refractivity contribution in [3.05, 3.63) is 0 Å². The normalized spacial score (nSPS) is 29.1. The maximum absolute atomic E-state index is 12.3. The molecule has 0 aromatic heterocycles. The van der Waals surface area contributed by atoms with E-state index >= 15 is 0 Å². The molecule has 2 atom stereocenters. The van der Waals surface area contributed by atoms with Crippen molar-refractivity contribution in [3.63, 3.8) is 0 Å². The van der Waals surface area contributed by atoms with E-state index in [2.05, 4.69) is 23.0 Å². The molecule has 2 fully saturated rings. The second-order valence-corrected chi connectivity index (χ2v) is 6.36. The van der Waals surface area contributed by atoms with Crippen LogP contribution >= 0.6 is 11.8 Å². The number of hydrogen-bond donors (Lipinski definition) is 0. The van der Waals surface area contributed by atoms with Gasteiger partial charge >= 0.3 is 0 Å². The quantitative estimate of drug-likeness (QED) is 0.765. The van der Waals surface area contributed by atoms with Crippen molar-refractivity contribution in [2.75, 3.05) is 31.6 Å². The molecule has 0 N–H and O–H groups in total. The number of nitrogens with zero attached hydrogens (tertiary/aromatic N) is 2. The molecule has 2 aliphatic heterocycles. The van der Waals surface area contributed by atoms with Crippen LogP contribution in [0.3, 0.4) is 0 Å². The molecule has 0 bridgehead atoms. The van der Waals surface area contributed by atoms with Gasteiger partial charge in [0.1, 0.15) is 0 Å². The SMILES string of the molecule is CCN1CCCC1C1CCCN1C(=O)CCSC. The third kappa shape index (κ3) is 3.02. The van der Waals surface area contributed by atoms with E-state index in [4.69, 9.17) is 0 Å². The number of thioether (sulfide) groups is 1. The highest BCUT2D eigenvalue weighted by Crippen LogP contribution is 2.30. The first kappa shape index (κ1) is 14.2. The van der Waals surface area contributed by atoms with Gasteiger partial charge in [-0.05, 0) is 45.0 Å². The van der Waals surface area contributed by atoms with Crippen molar-refractivity contribution in [1.29, 1.82) is 0 Å². The Morgan fingerprint density at radius 1 is 1.22 bits per heavy atom. The van der Waals surface area contributed by atoms with Crippen LogP contribution in [0.4, 0.5) is 0 Å². The number of likely N-dealkylation sites (tertiary alicyclic amines) is 2. The lowest BCUT2D eigenvalue weighted by Crippen LogP contribution is -2.48. The largest absolute Gasteiger partial charge is 0.338 e. The van der Waals surface area contributed by atoms with Gasteiger partial charge in [0.05, 0.1) is 0 Å². The minimum absolute atomic E-state index is 0.384. The van der Waals surface area contributed by atoms with Crippen molar-refractivity contribution in [3.8, 4) is 0 Å². The van der Waals surface area contributed by atoms with Gasteiger partial charge in [-0.25, -0.2) is 0 Å². The molecule has 0 saturated carbocycles. The number of hydrogen-bond acceptors (Lipinski definition) is 3. The fourth-order valence-corrected chi connectivity index (χ4v) is 3.89. The van der Waals surface area contributed by atoms with Gasteiger partial charge in [0.15, 0.2) is 0 Å². The predicted octanol–water partition coefficient (Wildman–Crippen LogP) is 2.21. The minimum Gasteiger partial charge on any atom is -0.338 e. The van der Waals surface area contributed by atoms with Gasteiger partial charge in [-0.2, -0.15) is 11.8 Å². The van der Waals surface area contributed by atoms with Gasteiger partial charge < -0.3 is 4.90 Å². The van der Waals surface area contributed by atoms with E-state index in [1.807, 2.05) is 0 Å². The fraction of sp³-hybridized carbons (Fsp3) is 0.929. The number of amides is 1. The second-order valence-electron chi connectivity index (χ2n) is 5.38. The third-order valence-corrected chi connectivity index (χ3v) is 5.02. The monoisotopic (exact) mass is 270 g/mol. The standard InChI is InChI=1S/C14H26N2OS/c1-3-15-9-4-6-12(15)13-7-5-10-16(13)14(17)8-11-18-2/h12-13H,3-11H2,1-2H3. The highest BCUT2D eigenvalue weighted by atomic mass is 32.2.